The van der Waals surface area contributed by atoms with E-state index in [0.29, 0.717) is 11.6 Å². The van der Waals surface area contributed by atoms with Gasteiger partial charge in [0.1, 0.15) is 11.8 Å². The Balaban J connectivity index is 2.11. The summed E-state index contributed by atoms with van der Waals surface area (Å²) in [6.07, 6.45) is 2.63. The number of ether oxygens (including phenoxy) is 1. The first-order valence-electron chi connectivity index (χ1n) is 6.23. The molecule has 21 heavy (non-hydrogen) atoms. The molecule has 3 heterocycles. The first-order valence-corrected chi connectivity index (χ1v) is 8.04. The molecule has 1 aliphatic rings. The van der Waals surface area contributed by atoms with Crippen LogP contribution in [0.2, 0.25) is 5.28 Å². The van der Waals surface area contributed by atoms with Crippen LogP contribution >= 0.6 is 11.6 Å². The Morgan fingerprint density at radius 2 is 2.24 bits per heavy atom. The number of fused-ring (bicyclic) bond motifs is 1. The Morgan fingerprint density at radius 1 is 1.48 bits per heavy atom. The van der Waals surface area contributed by atoms with Crippen molar-refractivity contribution in [3.05, 3.63) is 29.8 Å². The molecule has 3 rings (SSSR count). The van der Waals surface area contributed by atoms with Gasteiger partial charge < -0.3 is 9.30 Å². The van der Waals surface area contributed by atoms with Crippen LogP contribution in [0, 0.1) is 0 Å². The van der Waals surface area contributed by atoms with E-state index < -0.39 is 10.0 Å². The molecule has 112 valence electrons. The molecule has 7 nitrogen and oxygen atoms in total. The number of aromatic nitrogens is 3. The fraction of sp³-hybridized carbons (Fsp3) is 0.333. The van der Waals surface area contributed by atoms with Gasteiger partial charge in [-0.1, -0.05) is 0 Å². The summed E-state index contributed by atoms with van der Waals surface area (Å²) in [6, 6.07) is 3.31. The van der Waals surface area contributed by atoms with Gasteiger partial charge in [0.05, 0.1) is 6.54 Å². The zero-order valence-corrected chi connectivity index (χ0v) is 13.0. The Morgan fingerprint density at radius 3 is 2.90 bits per heavy atom. The summed E-state index contributed by atoms with van der Waals surface area (Å²) in [5, 5.41) is 0.0141. The quantitative estimate of drug-likeness (QED) is 0.833. The van der Waals surface area contributed by atoms with E-state index in [0.717, 1.165) is 0 Å². The molecule has 0 radical (unpaired) electrons. The van der Waals surface area contributed by atoms with Crippen LogP contribution in [0.3, 0.4) is 0 Å². The van der Waals surface area contributed by atoms with Crippen molar-refractivity contribution in [2.24, 2.45) is 7.05 Å². The van der Waals surface area contributed by atoms with E-state index in [9.17, 15) is 8.42 Å². The number of pyridine rings is 1. The average Bonchev–Trinajstić information content (AvgIpc) is 2.78. The Kier molecular flexibility index (Phi) is 3.29. The van der Waals surface area contributed by atoms with Crippen molar-refractivity contribution in [2.75, 3.05) is 10.8 Å². The molecule has 2 aromatic heterocycles. The summed E-state index contributed by atoms with van der Waals surface area (Å²) in [5.41, 5.74) is 0.400. The summed E-state index contributed by atoms with van der Waals surface area (Å²) in [6.45, 7) is 1.97. The minimum atomic E-state index is -3.81. The fourth-order valence-electron chi connectivity index (χ4n) is 2.11. The molecule has 0 aliphatic carbocycles. The zero-order valence-electron chi connectivity index (χ0n) is 11.4. The standard InChI is InChI=1S/C12H13ClN4O3S/c1-8-6-17(9-4-3-5-14-11(9)20-8)21(18,19)10-7-16(2)12(13)15-10/h3-5,7-8H,6H2,1-2H3. The second-order valence-electron chi connectivity index (χ2n) is 4.75. The number of hydrogen-bond acceptors (Lipinski definition) is 5. The van der Waals surface area contributed by atoms with Crippen molar-refractivity contribution in [1.29, 1.82) is 0 Å². The largest absolute Gasteiger partial charge is 0.471 e. The van der Waals surface area contributed by atoms with Gasteiger partial charge in [-0.3, -0.25) is 4.31 Å². The summed E-state index contributed by atoms with van der Waals surface area (Å²) < 4.78 is 33.8. The lowest BCUT2D eigenvalue weighted by Crippen LogP contribution is -2.42. The summed E-state index contributed by atoms with van der Waals surface area (Å²) in [4.78, 5) is 7.96. The van der Waals surface area contributed by atoms with Crippen LogP contribution in [-0.2, 0) is 17.1 Å². The Bertz CT molecular complexity index is 770. The van der Waals surface area contributed by atoms with E-state index >= 15 is 0 Å². The third-order valence-corrected chi connectivity index (χ3v) is 5.11. The first-order chi connectivity index (χ1) is 9.89. The monoisotopic (exact) mass is 328 g/mol. The van der Waals surface area contributed by atoms with Gasteiger partial charge in [-0.2, -0.15) is 8.42 Å². The molecule has 0 spiro atoms. The van der Waals surface area contributed by atoms with E-state index in [1.807, 2.05) is 0 Å². The van der Waals surface area contributed by atoms with Gasteiger partial charge in [-0.25, -0.2) is 9.97 Å². The van der Waals surface area contributed by atoms with Crippen molar-refractivity contribution in [1.82, 2.24) is 14.5 Å². The van der Waals surface area contributed by atoms with E-state index in [4.69, 9.17) is 16.3 Å². The average molecular weight is 329 g/mol. The van der Waals surface area contributed by atoms with E-state index in [1.54, 1.807) is 32.3 Å². The van der Waals surface area contributed by atoms with Crippen LogP contribution in [0.25, 0.3) is 0 Å². The Hall–Kier alpha value is -1.80. The molecule has 2 aromatic rings. The molecule has 1 unspecified atom stereocenters. The fourth-order valence-corrected chi connectivity index (χ4v) is 3.82. The number of anilines is 1. The SMILES string of the molecule is CC1CN(S(=O)(=O)c2cn(C)c(Cl)n2)c2cccnc2O1. The van der Waals surface area contributed by atoms with Gasteiger partial charge >= 0.3 is 0 Å². The third kappa shape index (κ3) is 2.34. The predicted octanol–water partition coefficient (Wildman–Crippen LogP) is 1.44. The molecule has 0 amide bonds. The van der Waals surface area contributed by atoms with Gasteiger partial charge in [-0.05, 0) is 30.7 Å². The third-order valence-electron chi connectivity index (χ3n) is 3.11. The second-order valence-corrected chi connectivity index (χ2v) is 6.90. The van der Waals surface area contributed by atoms with Crippen molar-refractivity contribution in [2.45, 2.75) is 18.1 Å². The van der Waals surface area contributed by atoms with Gasteiger partial charge in [0.15, 0.2) is 5.03 Å². The molecule has 9 heteroatoms. The molecule has 1 atom stereocenters. The van der Waals surface area contributed by atoms with Crippen molar-refractivity contribution in [3.8, 4) is 5.88 Å². The number of aryl methyl sites for hydroxylation is 1. The molecular formula is C12H13ClN4O3S. The highest BCUT2D eigenvalue weighted by molar-refractivity contribution is 7.92. The smallest absolute Gasteiger partial charge is 0.283 e. The lowest BCUT2D eigenvalue weighted by atomic mass is 10.3. The lowest BCUT2D eigenvalue weighted by Gasteiger charge is -2.32. The lowest BCUT2D eigenvalue weighted by molar-refractivity contribution is 0.210. The minimum Gasteiger partial charge on any atom is -0.471 e. The van der Waals surface area contributed by atoms with Gasteiger partial charge in [-0.15, -0.1) is 0 Å². The van der Waals surface area contributed by atoms with Crippen LogP contribution in [0.15, 0.2) is 29.6 Å². The molecule has 0 bridgehead atoms. The van der Waals surface area contributed by atoms with Crippen molar-refractivity contribution >= 4 is 27.3 Å². The molecule has 0 saturated heterocycles. The highest BCUT2D eigenvalue weighted by atomic mass is 35.5. The Labute approximate surface area is 127 Å². The predicted molar refractivity (Wildman–Crippen MR) is 77.1 cm³/mol. The highest BCUT2D eigenvalue weighted by Crippen LogP contribution is 2.34. The minimum absolute atomic E-state index is 0.0982. The maximum atomic E-state index is 12.8. The van der Waals surface area contributed by atoms with Crippen molar-refractivity contribution in [3.63, 3.8) is 0 Å². The number of imidazole rings is 1. The van der Waals surface area contributed by atoms with Crippen LogP contribution in [0.4, 0.5) is 5.69 Å². The van der Waals surface area contributed by atoms with E-state index in [-0.39, 0.29) is 23.0 Å². The van der Waals surface area contributed by atoms with Crippen LogP contribution in [0.1, 0.15) is 6.92 Å². The highest BCUT2D eigenvalue weighted by Gasteiger charge is 2.35. The van der Waals surface area contributed by atoms with Gasteiger partial charge in [0.2, 0.25) is 11.2 Å². The van der Waals surface area contributed by atoms with Gasteiger partial charge in [0.25, 0.3) is 10.0 Å². The number of sulfonamides is 1. The molecule has 1 aliphatic heterocycles. The number of nitrogens with zero attached hydrogens (tertiary/aromatic N) is 4. The van der Waals surface area contributed by atoms with Crippen LogP contribution in [0.5, 0.6) is 5.88 Å². The van der Waals surface area contributed by atoms with Crippen LogP contribution < -0.4 is 9.04 Å². The molecule has 0 N–H and O–H groups in total. The maximum absolute atomic E-state index is 12.8. The molecule has 0 fully saturated rings. The van der Waals surface area contributed by atoms with Crippen molar-refractivity contribution < 1.29 is 13.2 Å². The molecule has 0 aromatic carbocycles. The molecular weight excluding hydrogens is 316 g/mol. The first kappa shape index (κ1) is 14.2. The molecule has 0 saturated carbocycles. The number of rotatable bonds is 2. The zero-order chi connectivity index (χ0) is 15.2. The second kappa shape index (κ2) is 4.88. The van der Waals surface area contributed by atoms with Gasteiger partial charge in [0, 0.05) is 19.4 Å². The maximum Gasteiger partial charge on any atom is 0.283 e. The van der Waals surface area contributed by atoms with E-state index in [2.05, 4.69) is 9.97 Å². The number of halogens is 1. The summed E-state index contributed by atoms with van der Waals surface area (Å²) >= 11 is 5.84. The normalized spacial score (nSPS) is 18.2. The van der Waals surface area contributed by atoms with E-state index in [1.165, 1.54) is 15.1 Å². The summed E-state index contributed by atoms with van der Waals surface area (Å²) in [5.74, 6) is 0.293. The summed E-state index contributed by atoms with van der Waals surface area (Å²) in [7, 11) is -2.18. The number of hydrogen-bond donors (Lipinski definition) is 0. The topological polar surface area (TPSA) is 77.3 Å². The van der Waals surface area contributed by atoms with Crippen LogP contribution in [-0.4, -0.2) is 35.6 Å².